The van der Waals surface area contributed by atoms with Gasteiger partial charge in [-0.2, -0.15) is 0 Å². The van der Waals surface area contributed by atoms with Crippen LogP contribution in [-0.4, -0.2) is 20.5 Å². The van der Waals surface area contributed by atoms with Crippen molar-refractivity contribution in [3.8, 4) is 0 Å². The van der Waals surface area contributed by atoms with Crippen molar-refractivity contribution in [2.75, 3.05) is 0 Å². The Morgan fingerprint density at radius 3 is 2.62 bits per heavy atom. The molecule has 1 atom stereocenters. The second kappa shape index (κ2) is 8.64. The van der Waals surface area contributed by atoms with Crippen molar-refractivity contribution in [3.63, 3.8) is 0 Å². The first-order chi connectivity index (χ1) is 11.5. The lowest BCUT2D eigenvalue weighted by Crippen LogP contribution is -2.11. The Bertz CT molecular complexity index is 743. The molecular weight excluding hydrogens is 324 g/mol. The third-order valence-electron chi connectivity index (χ3n) is 3.66. The molecule has 0 amide bonds. The topological polar surface area (TPSA) is 60.4 Å². The molecule has 1 aromatic rings. The molecule has 4 nitrogen and oxygen atoms in total. The highest BCUT2D eigenvalue weighted by Crippen LogP contribution is 2.18. The third-order valence-corrected chi connectivity index (χ3v) is 5.09. The van der Waals surface area contributed by atoms with E-state index in [-0.39, 0.29) is 4.90 Å². The molecule has 0 radical (unpaired) electrons. The minimum atomic E-state index is -3.63. The number of hydrogen-bond donors (Lipinski definition) is 0. The molecule has 0 bridgehead atoms. The van der Waals surface area contributed by atoms with E-state index in [1.165, 1.54) is 30.5 Å². The smallest absolute Gasteiger partial charge is 0.332 e. The van der Waals surface area contributed by atoms with Crippen molar-refractivity contribution < 1.29 is 17.9 Å². The highest BCUT2D eigenvalue weighted by molar-refractivity contribution is 7.94. The number of allylic oxidation sites excluding steroid dienone is 3. The summed E-state index contributed by atoms with van der Waals surface area (Å²) < 4.78 is 29.2. The Hall–Kier alpha value is -2.14. The lowest BCUT2D eigenvalue weighted by atomic mass is 9.99. The van der Waals surface area contributed by atoms with Crippen molar-refractivity contribution in [2.24, 2.45) is 0 Å². The summed E-state index contributed by atoms with van der Waals surface area (Å²) in [7, 11) is -3.63. The van der Waals surface area contributed by atoms with Gasteiger partial charge in [0.2, 0.25) is 0 Å². The monoisotopic (exact) mass is 346 g/mol. The molecule has 0 saturated carbocycles. The molecule has 0 aliphatic heterocycles. The fourth-order valence-corrected chi connectivity index (χ4v) is 3.35. The maximum atomic E-state index is 12.0. The molecule has 0 unspecified atom stereocenters. The van der Waals surface area contributed by atoms with Crippen LogP contribution in [0, 0.1) is 0 Å². The van der Waals surface area contributed by atoms with Crippen molar-refractivity contribution >= 4 is 15.8 Å². The van der Waals surface area contributed by atoms with Crippen molar-refractivity contribution in [2.45, 2.75) is 43.6 Å². The molecule has 0 saturated heterocycles. The van der Waals surface area contributed by atoms with E-state index in [4.69, 9.17) is 4.74 Å². The van der Waals surface area contributed by atoms with Crippen LogP contribution in [0.5, 0.6) is 0 Å². The van der Waals surface area contributed by atoms with E-state index < -0.39 is 21.9 Å². The maximum Gasteiger partial charge on any atom is 0.332 e. The number of carbonyl (C=O) groups excluding carboxylic acids is 1. The summed E-state index contributed by atoms with van der Waals surface area (Å²) in [6.45, 7) is 1.75. The quantitative estimate of drug-likeness (QED) is 0.578. The van der Waals surface area contributed by atoms with Gasteiger partial charge in [-0.1, -0.05) is 35.9 Å². The Labute approximate surface area is 143 Å². The van der Waals surface area contributed by atoms with E-state index in [9.17, 15) is 13.2 Å². The number of benzene rings is 1. The molecule has 0 fully saturated rings. The summed E-state index contributed by atoms with van der Waals surface area (Å²) in [6, 6.07) is 7.95. The summed E-state index contributed by atoms with van der Waals surface area (Å²) in [4.78, 5) is 11.9. The Balaban J connectivity index is 1.90. The average Bonchev–Trinajstić information content (AvgIpc) is 2.60. The normalized spacial score (nSPS) is 17.0. The predicted molar refractivity (Wildman–Crippen MR) is 94.0 cm³/mol. The van der Waals surface area contributed by atoms with Gasteiger partial charge in [-0.3, -0.25) is 0 Å². The highest BCUT2D eigenvalue weighted by Gasteiger charge is 2.11. The van der Waals surface area contributed by atoms with Crippen LogP contribution in [0.15, 0.2) is 70.5 Å². The summed E-state index contributed by atoms with van der Waals surface area (Å²) in [5.74, 6) is -0.677. The Morgan fingerprint density at radius 2 is 1.96 bits per heavy atom. The van der Waals surface area contributed by atoms with Crippen molar-refractivity contribution in [1.29, 1.82) is 0 Å². The summed E-state index contributed by atoms with van der Waals surface area (Å²) in [5, 5.41) is 0.880. The minimum Gasteiger partial charge on any atom is -0.455 e. The highest BCUT2D eigenvalue weighted by atomic mass is 32.2. The molecule has 128 valence electrons. The minimum absolute atomic E-state index is 0.145. The van der Waals surface area contributed by atoms with E-state index in [2.05, 4.69) is 6.08 Å². The Morgan fingerprint density at radius 1 is 1.21 bits per heavy atom. The number of hydrogen-bond acceptors (Lipinski definition) is 4. The van der Waals surface area contributed by atoms with Gasteiger partial charge in [0.1, 0.15) is 6.10 Å². The van der Waals surface area contributed by atoms with Gasteiger partial charge >= 0.3 is 5.97 Å². The van der Waals surface area contributed by atoms with Gasteiger partial charge in [0.15, 0.2) is 9.84 Å². The standard InChI is InChI=1S/C19H22O4S/c1-16(12-13-17-8-4-2-5-9-17)23-19(20)14-15-24(21,22)18-10-6-3-7-11-18/h3,6-8,10-16H,2,4-5,9H2,1H3/b13-12+,15-14-/t16-/m1/s1. The van der Waals surface area contributed by atoms with E-state index >= 15 is 0 Å². The first-order valence-corrected chi connectivity index (χ1v) is 9.58. The van der Waals surface area contributed by atoms with Gasteiger partial charge in [0, 0.05) is 11.5 Å². The van der Waals surface area contributed by atoms with Crippen LogP contribution in [0.25, 0.3) is 0 Å². The lowest BCUT2D eigenvalue weighted by Gasteiger charge is -2.10. The van der Waals surface area contributed by atoms with Crippen LogP contribution >= 0.6 is 0 Å². The number of sulfone groups is 1. The molecule has 1 aliphatic rings. The largest absolute Gasteiger partial charge is 0.455 e. The van der Waals surface area contributed by atoms with Gasteiger partial charge in [-0.15, -0.1) is 0 Å². The second-order valence-corrected chi connectivity index (χ2v) is 7.52. The van der Waals surface area contributed by atoms with Gasteiger partial charge in [0.25, 0.3) is 0 Å². The first-order valence-electron chi connectivity index (χ1n) is 8.03. The van der Waals surface area contributed by atoms with E-state index in [1.807, 2.05) is 12.2 Å². The molecule has 5 heteroatoms. The third kappa shape index (κ3) is 5.81. The second-order valence-electron chi connectivity index (χ2n) is 5.69. The van der Waals surface area contributed by atoms with Crippen LogP contribution < -0.4 is 0 Å². The van der Waals surface area contributed by atoms with E-state index in [0.29, 0.717) is 0 Å². The van der Waals surface area contributed by atoms with Crippen molar-refractivity contribution in [3.05, 3.63) is 65.6 Å². The summed E-state index contributed by atoms with van der Waals surface area (Å²) in [6.07, 6.45) is 11.1. The fraction of sp³-hybridized carbons (Fsp3) is 0.316. The zero-order valence-corrected chi connectivity index (χ0v) is 14.5. The molecule has 0 aromatic heterocycles. The molecule has 1 aliphatic carbocycles. The van der Waals surface area contributed by atoms with Gasteiger partial charge < -0.3 is 4.74 Å². The molecule has 0 heterocycles. The summed E-state index contributed by atoms with van der Waals surface area (Å²) in [5.41, 5.74) is 1.26. The van der Waals surface area contributed by atoms with Crippen LogP contribution in [0.3, 0.4) is 0 Å². The summed E-state index contributed by atoms with van der Waals surface area (Å²) >= 11 is 0. The predicted octanol–water partition coefficient (Wildman–Crippen LogP) is 3.96. The lowest BCUT2D eigenvalue weighted by molar-refractivity contribution is -0.140. The van der Waals surface area contributed by atoms with Crippen LogP contribution in [0.2, 0.25) is 0 Å². The van der Waals surface area contributed by atoms with E-state index in [0.717, 1.165) is 24.3 Å². The van der Waals surface area contributed by atoms with Crippen molar-refractivity contribution in [1.82, 2.24) is 0 Å². The SMILES string of the molecule is C[C@H](/C=C/C1=CCCCC1)OC(=O)/C=C\S(=O)(=O)c1ccccc1. The van der Waals surface area contributed by atoms with Gasteiger partial charge in [-0.05, 0) is 50.8 Å². The molecule has 24 heavy (non-hydrogen) atoms. The van der Waals surface area contributed by atoms with Crippen LogP contribution in [-0.2, 0) is 19.4 Å². The van der Waals surface area contributed by atoms with E-state index in [1.54, 1.807) is 25.1 Å². The van der Waals surface area contributed by atoms with Gasteiger partial charge in [-0.25, -0.2) is 13.2 Å². The number of rotatable bonds is 6. The number of esters is 1. The van der Waals surface area contributed by atoms with Crippen LogP contribution in [0.1, 0.15) is 32.6 Å². The molecule has 0 spiro atoms. The molecule has 0 N–H and O–H groups in total. The molecular formula is C19H22O4S. The van der Waals surface area contributed by atoms with Gasteiger partial charge in [0.05, 0.1) is 4.90 Å². The number of carbonyl (C=O) groups is 1. The first kappa shape index (κ1) is 18.2. The number of ether oxygens (including phenoxy) is 1. The molecule has 1 aromatic carbocycles. The maximum absolute atomic E-state index is 12.0. The fourth-order valence-electron chi connectivity index (χ4n) is 2.37. The zero-order valence-electron chi connectivity index (χ0n) is 13.7. The molecule has 2 rings (SSSR count). The zero-order chi connectivity index (χ0) is 17.4. The average molecular weight is 346 g/mol. The Kier molecular flexibility index (Phi) is 6.55. The van der Waals surface area contributed by atoms with Crippen LogP contribution in [0.4, 0.5) is 0 Å².